The van der Waals surface area contributed by atoms with E-state index in [0.29, 0.717) is 22.5 Å². The number of halogens is 1. The second-order valence-electron chi connectivity index (χ2n) is 6.16. The van der Waals surface area contributed by atoms with Crippen molar-refractivity contribution in [3.8, 4) is 11.3 Å². The Morgan fingerprint density at radius 1 is 0.833 bits per heavy atom. The molecule has 2 heterocycles. The van der Waals surface area contributed by atoms with Crippen LogP contribution < -0.4 is 16.4 Å². The normalized spacial score (nSPS) is 11.2. The molecule has 4 rings (SSSR count). The number of aliphatic imine (C=N–C) groups is 1. The predicted octanol–water partition coefficient (Wildman–Crippen LogP) is 4.39. The molecule has 9 heteroatoms. The Labute approximate surface area is 177 Å². The van der Waals surface area contributed by atoms with E-state index in [1.54, 1.807) is 6.07 Å². The third-order valence-electron chi connectivity index (χ3n) is 4.01. The maximum Gasteiger partial charge on any atom is 0.227 e. The van der Waals surface area contributed by atoms with E-state index >= 15 is 0 Å². The molecule has 0 aliphatic rings. The molecule has 8 nitrogen and oxygen atoms in total. The van der Waals surface area contributed by atoms with E-state index in [0.717, 1.165) is 16.9 Å². The van der Waals surface area contributed by atoms with Gasteiger partial charge in [0.1, 0.15) is 0 Å². The Balaban J connectivity index is 1.49. The van der Waals surface area contributed by atoms with Crippen LogP contribution in [0.2, 0.25) is 5.02 Å². The molecule has 0 aliphatic heterocycles. The second-order valence-corrected chi connectivity index (χ2v) is 6.60. The van der Waals surface area contributed by atoms with Crippen LogP contribution in [0.25, 0.3) is 11.3 Å². The quantitative estimate of drug-likeness (QED) is 0.326. The number of benzene rings is 2. The van der Waals surface area contributed by atoms with Crippen LogP contribution in [0.1, 0.15) is 0 Å². The highest BCUT2D eigenvalue weighted by molar-refractivity contribution is 6.30. The van der Waals surface area contributed by atoms with Gasteiger partial charge in [-0.15, -0.1) is 10.2 Å². The van der Waals surface area contributed by atoms with Crippen molar-refractivity contribution in [2.45, 2.75) is 0 Å². The number of anilines is 3. The molecular formula is C21H17ClN8. The summed E-state index contributed by atoms with van der Waals surface area (Å²) < 4.78 is 0. The van der Waals surface area contributed by atoms with Crippen LogP contribution in [0.4, 0.5) is 23.1 Å². The first kappa shape index (κ1) is 19.3. The molecule has 0 spiro atoms. The number of nitrogens with zero attached hydrogens (tertiary/aromatic N) is 5. The molecule has 30 heavy (non-hydrogen) atoms. The molecule has 0 saturated heterocycles. The number of nitrogens with two attached hydrogens (primary N) is 1. The lowest BCUT2D eigenvalue weighted by atomic mass is 10.1. The summed E-state index contributed by atoms with van der Waals surface area (Å²) in [5.74, 6) is 0.973. The topological polar surface area (TPSA) is 114 Å². The number of guanidine groups is 1. The summed E-state index contributed by atoms with van der Waals surface area (Å²) in [4.78, 5) is 12.5. The van der Waals surface area contributed by atoms with Gasteiger partial charge in [-0.05, 0) is 24.3 Å². The number of nitrogens with one attached hydrogen (secondary N) is 2. The van der Waals surface area contributed by atoms with Gasteiger partial charge in [0.25, 0.3) is 0 Å². The van der Waals surface area contributed by atoms with Crippen LogP contribution in [-0.2, 0) is 0 Å². The summed E-state index contributed by atoms with van der Waals surface area (Å²) in [6.45, 7) is 0. The lowest BCUT2D eigenvalue weighted by Crippen LogP contribution is -2.22. The van der Waals surface area contributed by atoms with E-state index in [2.05, 4.69) is 35.8 Å². The van der Waals surface area contributed by atoms with E-state index in [-0.39, 0.29) is 5.96 Å². The Bertz CT molecular complexity index is 1150. The standard InChI is InChI=1S/C21H17ClN8/c22-15-12-24-21(25-13-15)27-18-9-5-4-8-17(18)26-20(23)28-19-11-10-16(29-30-19)14-6-2-1-3-7-14/h1-13H,(H,24,25,27)(H3,23,26,28,30). The van der Waals surface area contributed by atoms with Crippen molar-refractivity contribution < 1.29 is 0 Å². The summed E-state index contributed by atoms with van der Waals surface area (Å²) >= 11 is 5.83. The summed E-state index contributed by atoms with van der Waals surface area (Å²) in [6.07, 6.45) is 3.03. The van der Waals surface area contributed by atoms with Crippen molar-refractivity contribution in [3.63, 3.8) is 0 Å². The Hall–Kier alpha value is -4.04. The van der Waals surface area contributed by atoms with Crippen molar-refractivity contribution in [2.75, 3.05) is 10.6 Å². The zero-order valence-corrected chi connectivity index (χ0v) is 16.5. The van der Waals surface area contributed by atoms with Gasteiger partial charge >= 0.3 is 0 Å². The lowest BCUT2D eigenvalue weighted by Gasteiger charge is -2.12. The highest BCUT2D eigenvalue weighted by atomic mass is 35.5. The van der Waals surface area contributed by atoms with Crippen molar-refractivity contribution in [1.82, 2.24) is 20.2 Å². The predicted molar refractivity (Wildman–Crippen MR) is 119 cm³/mol. The highest BCUT2D eigenvalue weighted by Crippen LogP contribution is 2.24. The third kappa shape index (κ3) is 4.86. The molecule has 0 unspecified atom stereocenters. The van der Waals surface area contributed by atoms with Crippen molar-refractivity contribution in [2.24, 2.45) is 10.7 Å². The first-order valence-corrected chi connectivity index (χ1v) is 9.39. The molecule has 0 fully saturated rings. The molecule has 0 bridgehead atoms. The minimum atomic E-state index is 0.169. The molecule has 148 valence electrons. The molecule has 0 radical (unpaired) electrons. The molecule has 0 amide bonds. The SMILES string of the molecule is NC(=Nc1ccc(-c2ccccc2)nn1)Nc1ccccc1Nc1ncc(Cl)cn1. The summed E-state index contributed by atoms with van der Waals surface area (Å²) in [6, 6.07) is 20.9. The number of para-hydroxylation sites is 2. The van der Waals surface area contributed by atoms with Gasteiger partial charge in [0, 0.05) is 5.56 Å². The van der Waals surface area contributed by atoms with Crippen LogP contribution in [0.5, 0.6) is 0 Å². The first-order chi connectivity index (χ1) is 14.7. The van der Waals surface area contributed by atoms with Crippen LogP contribution in [0.3, 0.4) is 0 Å². The molecular weight excluding hydrogens is 400 g/mol. The van der Waals surface area contributed by atoms with Crippen LogP contribution >= 0.6 is 11.6 Å². The van der Waals surface area contributed by atoms with E-state index in [4.69, 9.17) is 17.3 Å². The first-order valence-electron chi connectivity index (χ1n) is 9.01. The van der Waals surface area contributed by atoms with Gasteiger partial charge in [0.15, 0.2) is 11.8 Å². The maximum absolute atomic E-state index is 6.06. The minimum Gasteiger partial charge on any atom is -0.369 e. The van der Waals surface area contributed by atoms with Crippen LogP contribution in [0.15, 0.2) is 84.1 Å². The fourth-order valence-electron chi connectivity index (χ4n) is 2.64. The Morgan fingerprint density at radius 2 is 1.53 bits per heavy atom. The van der Waals surface area contributed by atoms with Crippen LogP contribution in [-0.4, -0.2) is 26.1 Å². The second kappa shape index (κ2) is 8.97. The van der Waals surface area contributed by atoms with Gasteiger partial charge in [-0.3, -0.25) is 0 Å². The highest BCUT2D eigenvalue weighted by Gasteiger charge is 2.06. The van der Waals surface area contributed by atoms with Gasteiger partial charge in [-0.25, -0.2) is 9.97 Å². The fourth-order valence-corrected chi connectivity index (χ4v) is 2.73. The number of hydrogen-bond donors (Lipinski definition) is 3. The number of aromatic nitrogens is 4. The molecule has 2 aromatic heterocycles. The van der Waals surface area contributed by atoms with Crippen molar-refractivity contribution in [1.29, 1.82) is 0 Å². The molecule has 0 saturated carbocycles. The number of hydrogen-bond acceptors (Lipinski definition) is 6. The zero-order chi connectivity index (χ0) is 20.8. The average Bonchev–Trinajstić information content (AvgIpc) is 2.78. The third-order valence-corrected chi connectivity index (χ3v) is 4.21. The smallest absolute Gasteiger partial charge is 0.227 e. The van der Waals surface area contributed by atoms with E-state index in [1.165, 1.54) is 12.4 Å². The van der Waals surface area contributed by atoms with E-state index in [9.17, 15) is 0 Å². The summed E-state index contributed by atoms with van der Waals surface area (Å²) in [5, 5.41) is 15.0. The zero-order valence-electron chi connectivity index (χ0n) is 15.7. The summed E-state index contributed by atoms with van der Waals surface area (Å²) in [5.41, 5.74) is 9.23. The summed E-state index contributed by atoms with van der Waals surface area (Å²) in [7, 11) is 0. The monoisotopic (exact) mass is 416 g/mol. The largest absolute Gasteiger partial charge is 0.369 e. The molecule has 4 N–H and O–H groups in total. The van der Waals surface area contributed by atoms with E-state index in [1.807, 2.05) is 60.7 Å². The van der Waals surface area contributed by atoms with Gasteiger partial charge in [-0.2, -0.15) is 4.99 Å². The average molecular weight is 417 g/mol. The molecule has 0 atom stereocenters. The molecule has 4 aromatic rings. The fraction of sp³-hybridized carbons (Fsp3) is 0. The van der Waals surface area contributed by atoms with E-state index < -0.39 is 0 Å². The van der Waals surface area contributed by atoms with Gasteiger partial charge in [0.05, 0.1) is 34.5 Å². The lowest BCUT2D eigenvalue weighted by molar-refractivity contribution is 1.03. The number of rotatable bonds is 5. The maximum atomic E-state index is 6.06. The Kier molecular flexibility index (Phi) is 5.77. The minimum absolute atomic E-state index is 0.169. The van der Waals surface area contributed by atoms with Crippen molar-refractivity contribution in [3.05, 3.63) is 84.1 Å². The van der Waals surface area contributed by atoms with Crippen LogP contribution in [0, 0.1) is 0 Å². The molecule has 2 aromatic carbocycles. The van der Waals surface area contributed by atoms with Crippen molar-refractivity contribution >= 4 is 40.7 Å². The van der Waals surface area contributed by atoms with Gasteiger partial charge in [0.2, 0.25) is 5.95 Å². The Morgan fingerprint density at radius 3 is 2.23 bits per heavy atom. The van der Waals surface area contributed by atoms with Gasteiger partial charge in [-0.1, -0.05) is 54.1 Å². The molecule has 0 aliphatic carbocycles. The van der Waals surface area contributed by atoms with Gasteiger partial charge < -0.3 is 16.4 Å².